The van der Waals surface area contributed by atoms with Crippen molar-refractivity contribution in [2.24, 2.45) is 0 Å². The molecule has 0 radical (unpaired) electrons. The highest BCUT2D eigenvalue weighted by atomic mass is 79.9. The van der Waals surface area contributed by atoms with Crippen LogP contribution in [-0.2, 0) is 9.59 Å². The maximum atomic E-state index is 13.5. The van der Waals surface area contributed by atoms with E-state index in [0.29, 0.717) is 16.8 Å². The van der Waals surface area contributed by atoms with Crippen molar-refractivity contribution in [1.29, 1.82) is 0 Å². The Kier molecular flexibility index (Phi) is 5.50. The van der Waals surface area contributed by atoms with E-state index >= 15 is 0 Å². The van der Waals surface area contributed by atoms with E-state index in [1.165, 1.54) is 29.2 Å². The molecule has 0 aromatic heterocycles. The van der Waals surface area contributed by atoms with Gasteiger partial charge in [0.05, 0.1) is 11.6 Å². The Bertz CT molecular complexity index is 1230. The number of hydrogen-bond acceptors (Lipinski definition) is 3. The second kappa shape index (κ2) is 8.12. The lowest BCUT2D eigenvalue weighted by molar-refractivity contribution is -0.132. The Morgan fingerprint density at radius 2 is 1.65 bits per heavy atom. The molecule has 1 atom stereocenters. The van der Waals surface area contributed by atoms with Crippen molar-refractivity contribution in [3.63, 3.8) is 0 Å². The van der Waals surface area contributed by atoms with Gasteiger partial charge in [-0.2, -0.15) is 0 Å². The first-order chi connectivity index (χ1) is 14.8. The molecule has 0 bridgehead atoms. The summed E-state index contributed by atoms with van der Waals surface area (Å²) in [5.74, 6) is -2.24. The van der Waals surface area contributed by atoms with E-state index in [1.807, 2.05) is 38.1 Å². The van der Waals surface area contributed by atoms with E-state index in [1.54, 1.807) is 18.2 Å². The number of nitrogens with zero attached hydrogens (tertiary/aromatic N) is 1. The minimum atomic E-state index is -0.837. The highest BCUT2D eigenvalue weighted by Gasteiger charge is 2.47. The number of rotatable bonds is 3. The highest BCUT2D eigenvalue weighted by Crippen LogP contribution is 2.43. The van der Waals surface area contributed by atoms with Gasteiger partial charge in [0.2, 0.25) is 0 Å². The number of aliphatic hydroxyl groups is 1. The van der Waals surface area contributed by atoms with Gasteiger partial charge < -0.3 is 5.11 Å². The summed E-state index contributed by atoms with van der Waals surface area (Å²) in [6, 6.07) is 17.1. The average Bonchev–Trinajstić information content (AvgIpc) is 3.01. The predicted molar refractivity (Wildman–Crippen MR) is 121 cm³/mol. The molecule has 1 unspecified atom stereocenters. The summed E-state index contributed by atoms with van der Waals surface area (Å²) in [6.07, 6.45) is 0. The van der Waals surface area contributed by atoms with Gasteiger partial charge in [-0.1, -0.05) is 46.3 Å². The fourth-order valence-electron chi connectivity index (χ4n) is 3.84. The van der Waals surface area contributed by atoms with Crippen molar-refractivity contribution in [3.8, 4) is 0 Å². The third-order valence-electron chi connectivity index (χ3n) is 5.46. The van der Waals surface area contributed by atoms with Gasteiger partial charge in [-0.3, -0.25) is 14.5 Å². The van der Waals surface area contributed by atoms with E-state index in [2.05, 4.69) is 15.9 Å². The molecule has 1 amide bonds. The molecule has 0 aliphatic carbocycles. The van der Waals surface area contributed by atoms with Crippen LogP contribution in [0.4, 0.5) is 10.1 Å². The number of ketones is 1. The van der Waals surface area contributed by atoms with Crippen molar-refractivity contribution in [1.82, 2.24) is 0 Å². The molecule has 1 N–H and O–H groups in total. The molecule has 3 aromatic rings. The van der Waals surface area contributed by atoms with Crippen LogP contribution in [0.3, 0.4) is 0 Å². The van der Waals surface area contributed by atoms with Crippen molar-refractivity contribution < 1.29 is 19.1 Å². The van der Waals surface area contributed by atoms with E-state index in [-0.39, 0.29) is 11.3 Å². The van der Waals surface area contributed by atoms with Crippen LogP contribution in [0.15, 0.2) is 76.8 Å². The average molecular weight is 480 g/mol. The molecule has 31 heavy (non-hydrogen) atoms. The van der Waals surface area contributed by atoms with Gasteiger partial charge in [0.25, 0.3) is 11.7 Å². The Morgan fingerprint density at radius 3 is 2.29 bits per heavy atom. The molecular formula is C25H19BrFNO3. The molecule has 1 heterocycles. The Hall–Kier alpha value is -3.25. The first-order valence-electron chi connectivity index (χ1n) is 9.68. The highest BCUT2D eigenvalue weighted by molar-refractivity contribution is 9.10. The van der Waals surface area contributed by atoms with Crippen LogP contribution in [-0.4, -0.2) is 16.8 Å². The molecule has 0 saturated carbocycles. The molecule has 1 saturated heterocycles. The number of carbonyl (C=O) groups is 2. The summed E-state index contributed by atoms with van der Waals surface area (Å²) in [6.45, 7) is 3.75. The number of aryl methyl sites for hydroxylation is 2. The summed E-state index contributed by atoms with van der Waals surface area (Å²) in [5, 5.41) is 11.2. The third kappa shape index (κ3) is 3.68. The Labute approximate surface area is 187 Å². The smallest absolute Gasteiger partial charge is 0.300 e. The van der Waals surface area contributed by atoms with Gasteiger partial charge in [0.15, 0.2) is 0 Å². The van der Waals surface area contributed by atoms with Crippen molar-refractivity contribution in [2.45, 2.75) is 19.9 Å². The zero-order chi connectivity index (χ0) is 22.3. The van der Waals surface area contributed by atoms with Crippen LogP contribution in [0.1, 0.15) is 28.3 Å². The summed E-state index contributed by atoms with van der Waals surface area (Å²) >= 11 is 3.43. The normalized spacial score (nSPS) is 17.9. The molecular weight excluding hydrogens is 461 g/mol. The lowest BCUT2D eigenvalue weighted by Crippen LogP contribution is -2.29. The van der Waals surface area contributed by atoms with Crippen molar-refractivity contribution in [3.05, 3.63) is 105 Å². The second-order valence-electron chi connectivity index (χ2n) is 7.47. The minimum absolute atomic E-state index is 0.00495. The predicted octanol–water partition coefficient (Wildman–Crippen LogP) is 5.83. The van der Waals surface area contributed by atoms with Crippen LogP contribution in [0, 0.1) is 19.7 Å². The maximum absolute atomic E-state index is 13.5. The number of anilines is 1. The Balaban J connectivity index is 1.97. The fourth-order valence-corrected chi connectivity index (χ4v) is 4.08. The maximum Gasteiger partial charge on any atom is 0.300 e. The van der Waals surface area contributed by atoms with Crippen molar-refractivity contribution in [2.75, 3.05) is 4.90 Å². The van der Waals surface area contributed by atoms with Crippen molar-refractivity contribution >= 4 is 39.1 Å². The molecule has 6 heteroatoms. The number of hydrogen-bond donors (Lipinski definition) is 1. The van der Waals surface area contributed by atoms with E-state index in [0.717, 1.165) is 15.6 Å². The van der Waals surface area contributed by atoms with Crippen LogP contribution < -0.4 is 4.90 Å². The van der Waals surface area contributed by atoms with E-state index in [4.69, 9.17) is 0 Å². The second-order valence-corrected chi connectivity index (χ2v) is 8.32. The summed E-state index contributed by atoms with van der Waals surface area (Å²) in [4.78, 5) is 27.5. The molecule has 3 aromatic carbocycles. The molecule has 1 aliphatic heterocycles. The zero-order valence-electron chi connectivity index (χ0n) is 16.9. The van der Waals surface area contributed by atoms with Gasteiger partial charge in [-0.25, -0.2) is 4.39 Å². The Morgan fingerprint density at radius 1 is 0.968 bits per heavy atom. The summed E-state index contributed by atoms with van der Waals surface area (Å²) < 4.78 is 14.4. The number of benzene rings is 3. The number of Topliss-reactive ketones (excluding diaryl/α,β-unsaturated/α-hetero) is 1. The first-order valence-corrected chi connectivity index (χ1v) is 10.5. The number of amides is 1. The largest absolute Gasteiger partial charge is 0.507 e. The fraction of sp³-hybridized carbons (Fsp3) is 0.120. The van der Waals surface area contributed by atoms with Gasteiger partial charge in [0.1, 0.15) is 11.6 Å². The summed E-state index contributed by atoms with van der Waals surface area (Å²) in [7, 11) is 0. The summed E-state index contributed by atoms with van der Waals surface area (Å²) in [5.41, 5.74) is 3.27. The molecule has 1 fully saturated rings. The minimum Gasteiger partial charge on any atom is -0.507 e. The van der Waals surface area contributed by atoms with Gasteiger partial charge >= 0.3 is 0 Å². The standard InChI is InChI=1S/C25H19BrFNO3/c1-14-5-3-4-6-19(14)22-21(23(29)16-7-12-20(26)15(2)13-16)24(30)25(31)28(22)18-10-8-17(27)9-11-18/h3-13,22,29H,1-2H3/b23-21+. The number of aliphatic hydroxyl groups excluding tert-OH is 1. The van der Waals surface area contributed by atoms with E-state index in [9.17, 15) is 19.1 Å². The van der Waals surface area contributed by atoms with Crippen LogP contribution in [0.2, 0.25) is 0 Å². The van der Waals surface area contributed by atoms with Gasteiger partial charge in [-0.05, 0) is 66.9 Å². The molecule has 4 rings (SSSR count). The van der Waals surface area contributed by atoms with E-state index < -0.39 is 23.5 Å². The van der Waals surface area contributed by atoms with Crippen LogP contribution in [0.25, 0.3) is 5.76 Å². The molecule has 1 aliphatic rings. The molecule has 156 valence electrons. The number of carbonyl (C=O) groups excluding carboxylic acids is 2. The lowest BCUT2D eigenvalue weighted by atomic mass is 9.92. The first kappa shape index (κ1) is 21.0. The quantitative estimate of drug-likeness (QED) is 0.292. The lowest BCUT2D eigenvalue weighted by Gasteiger charge is -2.26. The SMILES string of the molecule is Cc1cc(/C(O)=C2\C(=O)C(=O)N(c3ccc(F)cc3)C2c2ccccc2C)ccc1Br. The zero-order valence-corrected chi connectivity index (χ0v) is 18.5. The monoisotopic (exact) mass is 479 g/mol. The molecule has 4 nitrogen and oxygen atoms in total. The van der Waals surface area contributed by atoms with Gasteiger partial charge in [0, 0.05) is 15.7 Å². The topological polar surface area (TPSA) is 57.6 Å². The van der Waals surface area contributed by atoms with Crippen LogP contribution >= 0.6 is 15.9 Å². The number of halogens is 2. The molecule has 0 spiro atoms. The third-order valence-corrected chi connectivity index (χ3v) is 6.35. The van der Waals surface area contributed by atoms with Crippen LogP contribution in [0.5, 0.6) is 0 Å². The van der Waals surface area contributed by atoms with Gasteiger partial charge in [-0.15, -0.1) is 0 Å².